The van der Waals surface area contributed by atoms with E-state index in [9.17, 15) is 4.79 Å². The van der Waals surface area contributed by atoms with Gasteiger partial charge in [-0.2, -0.15) is 0 Å². The molecular formula is C16H22N2O2. The van der Waals surface area contributed by atoms with Crippen LogP contribution in [0.25, 0.3) is 0 Å². The first-order valence-corrected chi connectivity index (χ1v) is 7.55. The van der Waals surface area contributed by atoms with Gasteiger partial charge in [-0.25, -0.2) is 0 Å². The van der Waals surface area contributed by atoms with Crippen LogP contribution in [-0.4, -0.2) is 55.0 Å². The first-order valence-electron chi connectivity index (χ1n) is 7.55. The summed E-state index contributed by atoms with van der Waals surface area (Å²) in [7, 11) is 0. The number of carbonyl (C=O) groups is 1. The van der Waals surface area contributed by atoms with Gasteiger partial charge in [0.05, 0.1) is 6.61 Å². The number of benzene rings is 1. The summed E-state index contributed by atoms with van der Waals surface area (Å²) in [6.07, 6.45) is 2.06. The average Bonchev–Trinajstić information content (AvgIpc) is 2.54. The fourth-order valence-corrected chi connectivity index (χ4v) is 2.94. The summed E-state index contributed by atoms with van der Waals surface area (Å²) in [5, 5.41) is 0. The summed E-state index contributed by atoms with van der Waals surface area (Å²) in [5.74, 6) is 1.11. The Balaban J connectivity index is 1.71. The maximum Gasteiger partial charge on any atom is 0.253 e. The van der Waals surface area contributed by atoms with E-state index < -0.39 is 0 Å². The van der Waals surface area contributed by atoms with Gasteiger partial charge in [0.2, 0.25) is 0 Å². The van der Waals surface area contributed by atoms with Crippen LogP contribution >= 0.6 is 0 Å². The van der Waals surface area contributed by atoms with Gasteiger partial charge in [-0.05, 0) is 43.1 Å². The van der Waals surface area contributed by atoms with Gasteiger partial charge >= 0.3 is 0 Å². The molecule has 0 aromatic heterocycles. The largest absolute Gasteiger partial charge is 0.493 e. The van der Waals surface area contributed by atoms with Gasteiger partial charge in [-0.15, -0.1) is 0 Å². The SMILES string of the molecule is CCN1CCN(C(=O)c2ccc3c(c2)CCCO3)CC1. The fourth-order valence-electron chi connectivity index (χ4n) is 2.94. The van der Waals surface area contributed by atoms with Crippen LogP contribution < -0.4 is 4.74 Å². The third-order valence-corrected chi connectivity index (χ3v) is 4.26. The van der Waals surface area contributed by atoms with Crippen LogP contribution in [0.3, 0.4) is 0 Å². The number of aryl methyl sites for hydroxylation is 1. The van der Waals surface area contributed by atoms with Crippen molar-refractivity contribution in [2.45, 2.75) is 19.8 Å². The normalized spacial score (nSPS) is 19.4. The second-order valence-corrected chi connectivity index (χ2v) is 5.50. The second-order valence-electron chi connectivity index (χ2n) is 5.50. The molecule has 0 atom stereocenters. The van der Waals surface area contributed by atoms with Gasteiger partial charge in [0, 0.05) is 31.7 Å². The number of ether oxygens (including phenoxy) is 1. The number of rotatable bonds is 2. The van der Waals surface area contributed by atoms with Crippen LogP contribution in [-0.2, 0) is 6.42 Å². The lowest BCUT2D eigenvalue weighted by atomic mass is 10.0. The molecule has 2 aliphatic rings. The van der Waals surface area contributed by atoms with Crippen LogP contribution in [0.4, 0.5) is 0 Å². The molecule has 1 amide bonds. The molecule has 20 heavy (non-hydrogen) atoms. The monoisotopic (exact) mass is 274 g/mol. The Morgan fingerprint density at radius 2 is 2.05 bits per heavy atom. The maximum atomic E-state index is 12.5. The number of hydrogen-bond donors (Lipinski definition) is 0. The lowest BCUT2D eigenvalue weighted by Crippen LogP contribution is -2.48. The van der Waals surface area contributed by atoms with E-state index in [-0.39, 0.29) is 5.91 Å². The van der Waals surface area contributed by atoms with E-state index in [1.54, 1.807) is 0 Å². The molecule has 4 heteroatoms. The molecule has 0 unspecified atom stereocenters. The van der Waals surface area contributed by atoms with Gasteiger partial charge < -0.3 is 14.5 Å². The molecule has 1 saturated heterocycles. The quantitative estimate of drug-likeness (QED) is 0.824. The number of nitrogens with zero attached hydrogens (tertiary/aromatic N) is 2. The van der Waals surface area contributed by atoms with E-state index in [1.807, 2.05) is 23.1 Å². The molecule has 1 aromatic carbocycles. The Hall–Kier alpha value is -1.55. The minimum absolute atomic E-state index is 0.161. The van der Waals surface area contributed by atoms with Crippen LogP contribution in [0.5, 0.6) is 5.75 Å². The molecule has 0 aliphatic carbocycles. The van der Waals surface area contributed by atoms with E-state index >= 15 is 0 Å². The van der Waals surface area contributed by atoms with E-state index in [4.69, 9.17) is 4.74 Å². The highest BCUT2D eigenvalue weighted by Crippen LogP contribution is 2.26. The molecule has 4 nitrogen and oxygen atoms in total. The molecule has 0 radical (unpaired) electrons. The zero-order valence-electron chi connectivity index (χ0n) is 12.1. The van der Waals surface area contributed by atoms with Crippen molar-refractivity contribution in [3.05, 3.63) is 29.3 Å². The number of hydrogen-bond acceptors (Lipinski definition) is 3. The fraction of sp³-hybridized carbons (Fsp3) is 0.562. The van der Waals surface area contributed by atoms with Gasteiger partial charge in [-0.1, -0.05) is 6.92 Å². The minimum atomic E-state index is 0.161. The maximum absolute atomic E-state index is 12.5. The van der Waals surface area contributed by atoms with Crippen LogP contribution in [0, 0.1) is 0 Å². The summed E-state index contributed by atoms with van der Waals surface area (Å²) in [5.41, 5.74) is 1.98. The predicted molar refractivity (Wildman–Crippen MR) is 78.3 cm³/mol. The first kappa shape index (κ1) is 13.4. The van der Waals surface area contributed by atoms with Crippen molar-refractivity contribution in [3.63, 3.8) is 0 Å². The molecular weight excluding hydrogens is 252 g/mol. The highest BCUT2D eigenvalue weighted by Gasteiger charge is 2.22. The van der Waals surface area contributed by atoms with E-state index in [0.717, 1.165) is 63.5 Å². The van der Waals surface area contributed by atoms with E-state index in [1.165, 1.54) is 5.56 Å². The number of amides is 1. The Kier molecular flexibility index (Phi) is 3.92. The Morgan fingerprint density at radius 3 is 2.80 bits per heavy atom. The molecule has 1 fully saturated rings. The molecule has 3 rings (SSSR count). The number of carbonyl (C=O) groups excluding carboxylic acids is 1. The van der Waals surface area contributed by atoms with Crippen molar-refractivity contribution in [2.24, 2.45) is 0 Å². The lowest BCUT2D eigenvalue weighted by molar-refractivity contribution is 0.0643. The summed E-state index contributed by atoms with van der Waals surface area (Å²) in [6, 6.07) is 5.87. The molecule has 0 bridgehead atoms. The van der Waals surface area contributed by atoms with E-state index in [0.29, 0.717) is 0 Å². The van der Waals surface area contributed by atoms with Crippen molar-refractivity contribution in [3.8, 4) is 5.75 Å². The van der Waals surface area contributed by atoms with E-state index in [2.05, 4.69) is 11.8 Å². The Labute approximate surface area is 120 Å². The number of likely N-dealkylation sites (N-methyl/N-ethyl adjacent to an activating group) is 1. The molecule has 0 saturated carbocycles. The topological polar surface area (TPSA) is 32.8 Å². The standard InChI is InChI=1S/C16H22N2O2/c1-2-17-7-9-18(10-8-17)16(19)14-5-6-15-13(12-14)4-3-11-20-15/h5-6,12H,2-4,7-11H2,1H3. The van der Waals surface area contributed by atoms with Crippen LogP contribution in [0.2, 0.25) is 0 Å². The van der Waals surface area contributed by atoms with Gasteiger partial charge in [0.15, 0.2) is 0 Å². The van der Waals surface area contributed by atoms with Crippen molar-refractivity contribution in [1.82, 2.24) is 9.80 Å². The summed E-state index contributed by atoms with van der Waals surface area (Å²) in [4.78, 5) is 16.9. The highest BCUT2D eigenvalue weighted by atomic mass is 16.5. The summed E-state index contributed by atoms with van der Waals surface area (Å²) in [6.45, 7) is 7.66. The third-order valence-electron chi connectivity index (χ3n) is 4.26. The van der Waals surface area contributed by atoms with Crippen molar-refractivity contribution < 1.29 is 9.53 Å². The zero-order chi connectivity index (χ0) is 13.9. The summed E-state index contributed by atoms with van der Waals surface area (Å²) >= 11 is 0. The first-order chi connectivity index (χ1) is 9.78. The summed E-state index contributed by atoms with van der Waals surface area (Å²) < 4.78 is 5.60. The third kappa shape index (κ3) is 2.66. The van der Waals surface area contributed by atoms with Gasteiger partial charge in [0.1, 0.15) is 5.75 Å². The van der Waals surface area contributed by atoms with Crippen molar-refractivity contribution in [2.75, 3.05) is 39.3 Å². The van der Waals surface area contributed by atoms with Crippen LogP contribution in [0.1, 0.15) is 29.3 Å². The Morgan fingerprint density at radius 1 is 1.25 bits per heavy atom. The molecule has 2 aliphatic heterocycles. The predicted octanol–water partition coefficient (Wildman–Crippen LogP) is 1.79. The van der Waals surface area contributed by atoms with Crippen molar-refractivity contribution >= 4 is 5.91 Å². The molecule has 108 valence electrons. The second kappa shape index (κ2) is 5.83. The molecule has 2 heterocycles. The molecule has 0 N–H and O–H groups in total. The smallest absolute Gasteiger partial charge is 0.253 e. The molecule has 1 aromatic rings. The number of piperazine rings is 1. The Bertz CT molecular complexity index is 493. The molecule has 0 spiro atoms. The van der Waals surface area contributed by atoms with Crippen LogP contribution in [0.15, 0.2) is 18.2 Å². The van der Waals surface area contributed by atoms with Gasteiger partial charge in [0.25, 0.3) is 5.91 Å². The van der Waals surface area contributed by atoms with Crippen molar-refractivity contribution in [1.29, 1.82) is 0 Å². The zero-order valence-corrected chi connectivity index (χ0v) is 12.1. The highest BCUT2D eigenvalue weighted by molar-refractivity contribution is 5.94. The van der Waals surface area contributed by atoms with Gasteiger partial charge in [-0.3, -0.25) is 4.79 Å². The average molecular weight is 274 g/mol. The number of fused-ring (bicyclic) bond motifs is 1. The minimum Gasteiger partial charge on any atom is -0.493 e. The lowest BCUT2D eigenvalue weighted by Gasteiger charge is -2.34.